The third-order valence-electron chi connectivity index (χ3n) is 3.10. The number of aryl methyl sites for hydroxylation is 1. The first-order valence-corrected chi connectivity index (χ1v) is 7.56. The summed E-state index contributed by atoms with van der Waals surface area (Å²) in [4.78, 5) is 4.43. The summed E-state index contributed by atoms with van der Waals surface area (Å²) in [5.41, 5.74) is 2.69. The molecule has 114 valence electrons. The van der Waals surface area contributed by atoms with E-state index in [2.05, 4.69) is 36.2 Å². The smallest absolute Gasteiger partial charge is 0.172 e. The summed E-state index contributed by atoms with van der Waals surface area (Å²) < 4.78 is 1.68. The van der Waals surface area contributed by atoms with E-state index in [9.17, 15) is 0 Å². The van der Waals surface area contributed by atoms with Crippen molar-refractivity contribution in [3.63, 3.8) is 0 Å². The van der Waals surface area contributed by atoms with Crippen molar-refractivity contribution in [3.05, 3.63) is 39.3 Å². The van der Waals surface area contributed by atoms with Crippen molar-refractivity contribution in [3.8, 4) is 5.82 Å². The lowest BCUT2D eigenvalue weighted by molar-refractivity contribution is 0.424. The van der Waals surface area contributed by atoms with E-state index in [4.69, 9.17) is 23.2 Å². The molecule has 2 heterocycles. The molecule has 0 radical (unpaired) electrons. The molecule has 0 unspecified atom stereocenters. The molecule has 0 saturated heterocycles. The van der Waals surface area contributed by atoms with Crippen molar-refractivity contribution < 1.29 is 0 Å². The van der Waals surface area contributed by atoms with E-state index in [1.54, 1.807) is 4.68 Å². The molecule has 0 atom stereocenters. The first kappa shape index (κ1) is 16.3. The number of nitrogens with one attached hydrogen (secondary N) is 1. The summed E-state index contributed by atoms with van der Waals surface area (Å²) in [5.74, 6) is 0.601. The molecule has 0 saturated carbocycles. The average Bonchev–Trinajstić information content (AvgIpc) is 2.63. The van der Waals surface area contributed by atoms with Crippen LogP contribution in [0, 0.1) is 13.8 Å². The molecule has 6 heteroatoms. The molecular formula is C15H20Cl2N4. The zero-order valence-corrected chi connectivity index (χ0v) is 14.5. The highest BCUT2D eigenvalue weighted by molar-refractivity contribution is 6.32. The zero-order valence-electron chi connectivity index (χ0n) is 13.0. The Hall–Kier alpha value is -1.10. The zero-order chi connectivity index (χ0) is 15.8. The van der Waals surface area contributed by atoms with E-state index in [1.807, 2.05) is 26.1 Å². The summed E-state index contributed by atoms with van der Waals surface area (Å²) in [6, 6.07) is 1.91. The Morgan fingerprint density at radius 2 is 1.90 bits per heavy atom. The minimum absolute atomic E-state index is 0.0500. The Labute approximate surface area is 135 Å². The molecule has 0 aliphatic carbocycles. The predicted molar refractivity (Wildman–Crippen MR) is 87.4 cm³/mol. The van der Waals surface area contributed by atoms with Gasteiger partial charge in [0.2, 0.25) is 0 Å². The number of pyridine rings is 1. The molecule has 2 aromatic rings. The predicted octanol–water partition coefficient (Wildman–Crippen LogP) is 4.08. The molecule has 0 fully saturated rings. The Bertz CT molecular complexity index is 656. The Balaban J connectivity index is 2.29. The van der Waals surface area contributed by atoms with Crippen LogP contribution in [-0.2, 0) is 6.54 Å². The number of hydrogen-bond acceptors (Lipinski definition) is 3. The second-order valence-electron chi connectivity index (χ2n) is 6.15. The highest BCUT2D eigenvalue weighted by atomic mass is 35.5. The lowest BCUT2D eigenvalue weighted by Crippen LogP contribution is -2.35. The van der Waals surface area contributed by atoms with Gasteiger partial charge >= 0.3 is 0 Å². The maximum Gasteiger partial charge on any atom is 0.172 e. The molecule has 4 nitrogen and oxygen atoms in total. The number of halogens is 2. The topological polar surface area (TPSA) is 42.7 Å². The Kier molecular flexibility index (Phi) is 4.61. The van der Waals surface area contributed by atoms with E-state index in [0.29, 0.717) is 22.4 Å². The first-order valence-electron chi connectivity index (χ1n) is 6.80. The molecule has 0 spiro atoms. The minimum Gasteiger partial charge on any atom is -0.308 e. The quantitative estimate of drug-likeness (QED) is 0.924. The van der Waals surface area contributed by atoms with E-state index in [0.717, 1.165) is 17.0 Å². The van der Waals surface area contributed by atoms with Crippen LogP contribution < -0.4 is 5.32 Å². The van der Waals surface area contributed by atoms with Crippen LogP contribution in [-0.4, -0.2) is 20.3 Å². The van der Waals surface area contributed by atoms with Gasteiger partial charge in [0.1, 0.15) is 0 Å². The first-order chi connectivity index (χ1) is 9.69. The summed E-state index contributed by atoms with van der Waals surface area (Å²) in [7, 11) is 0. The number of hydrogen-bond donors (Lipinski definition) is 1. The average molecular weight is 327 g/mol. The second-order valence-corrected chi connectivity index (χ2v) is 6.93. The molecular weight excluding hydrogens is 307 g/mol. The molecule has 0 aliphatic rings. The van der Waals surface area contributed by atoms with Gasteiger partial charge < -0.3 is 5.32 Å². The number of nitrogens with zero attached hydrogens (tertiary/aromatic N) is 3. The van der Waals surface area contributed by atoms with Crippen LogP contribution in [0.3, 0.4) is 0 Å². The van der Waals surface area contributed by atoms with Gasteiger partial charge in [-0.3, -0.25) is 0 Å². The fourth-order valence-corrected chi connectivity index (χ4v) is 2.31. The highest BCUT2D eigenvalue weighted by Gasteiger charge is 2.15. The van der Waals surface area contributed by atoms with Gasteiger partial charge in [0, 0.05) is 18.3 Å². The summed E-state index contributed by atoms with van der Waals surface area (Å²) in [6.07, 6.45) is 1.81. The van der Waals surface area contributed by atoms with Crippen molar-refractivity contribution >= 4 is 23.2 Å². The van der Waals surface area contributed by atoms with Crippen LogP contribution in [0.25, 0.3) is 5.82 Å². The highest BCUT2D eigenvalue weighted by Crippen LogP contribution is 2.25. The SMILES string of the molecule is Cc1nn(-c2ncc(CNC(C)(C)C)cc2Cl)c(C)c1Cl. The van der Waals surface area contributed by atoms with Crippen molar-refractivity contribution in [1.82, 2.24) is 20.1 Å². The van der Waals surface area contributed by atoms with Gasteiger partial charge in [0.25, 0.3) is 0 Å². The van der Waals surface area contributed by atoms with Gasteiger partial charge in [-0.15, -0.1) is 0 Å². The monoisotopic (exact) mass is 326 g/mol. The summed E-state index contributed by atoms with van der Waals surface area (Å²) in [6.45, 7) is 10.8. The van der Waals surface area contributed by atoms with Crippen molar-refractivity contribution in [2.75, 3.05) is 0 Å². The summed E-state index contributed by atoms with van der Waals surface area (Å²) in [5, 5.41) is 8.99. The van der Waals surface area contributed by atoms with Crippen LogP contribution in [0.5, 0.6) is 0 Å². The van der Waals surface area contributed by atoms with Gasteiger partial charge in [-0.25, -0.2) is 9.67 Å². The maximum absolute atomic E-state index is 6.35. The standard InChI is InChI=1S/C15H20Cl2N4/c1-9-13(17)10(2)21(20-9)14-12(16)6-11(7-18-14)8-19-15(3,4)5/h6-7,19H,8H2,1-5H3. The fraction of sp³-hybridized carbons (Fsp3) is 0.467. The Morgan fingerprint density at radius 3 is 2.38 bits per heavy atom. The van der Waals surface area contributed by atoms with E-state index in [-0.39, 0.29) is 5.54 Å². The fourth-order valence-electron chi connectivity index (χ4n) is 1.92. The van der Waals surface area contributed by atoms with Crippen LogP contribution in [0.15, 0.2) is 12.3 Å². The van der Waals surface area contributed by atoms with Crippen LogP contribution >= 0.6 is 23.2 Å². The van der Waals surface area contributed by atoms with Gasteiger partial charge in [-0.05, 0) is 46.2 Å². The van der Waals surface area contributed by atoms with Crippen LogP contribution in [0.2, 0.25) is 10.0 Å². The van der Waals surface area contributed by atoms with Crippen molar-refractivity contribution in [2.45, 2.75) is 46.7 Å². The van der Waals surface area contributed by atoms with E-state index >= 15 is 0 Å². The maximum atomic E-state index is 6.35. The Morgan fingerprint density at radius 1 is 1.24 bits per heavy atom. The number of rotatable bonds is 3. The third-order valence-corrected chi connectivity index (χ3v) is 3.93. The van der Waals surface area contributed by atoms with E-state index < -0.39 is 0 Å². The van der Waals surface area contributed by atoms with Gasteiger partial charge in [-0.1, -0.05) is 23.2 Å². The van der Waals surface area contributed by atoms with Gasteiger partial charge in [-0.2, -0.15) is 5.10 Å². The van der Waals surface area contributed by atoms with Crippen molar-refractivity contribution in [2.24, 2.45) is 0 Å². The normalized spacial score (nSPS) is 12.0. The molecule has 0 amide bonds. The van der Waals surface area contributed by atoms with Gasteiger partial charge in [0.05, 0.1) is 21.4 Å². The summed E-state index contributed by atoms with van der Waals surface area (Å²) >= 11 is 12.5. The van der Waals surface area contributed by atoms with Crippen LogP contribution in [0.4, 0.5) is 0 Å². The molecule has 0 aromatic carbocycles. The molecule has 21 heavy (non-hydrogen) atoms. The molecule has 0 bridgehead atoms. The molecule has 2 rings (SSSR count). The molecule has 2 aromatic heterocycles. The largest absolute Gasteiger partial charge is 0.308 e. The lowest BCUT2D eigenvalue weighted by Gasteiger charge is -2.20. The number of aromatic nitrogens is 3. The van der Waals surface area contributed by atoms with Gasteiger partial charge in [0.15, 0.2) is 5.82 Å². The van der Waals surface area contributed by atoms with Crippen molar-refractivity contribution in [1.29, 1.82) is 0 Å². The second kappa shape index (κ2) is 5.95. The molecule has 1 N–H and O–H groups in total. The lowest BCUT2D eigenvalue weighted by atomic mass is 10.1. The van der Waals surface area contributed by atoms with Crippen LogP contribution in [0.1, 0.15) is 37.7 Å². The third kappa shape index (κ3) is 3.76. The minimum atomic E-state index is 0.0500. The van der Waals surface area contributed by atoms with E-state index in [1.165, 1.54) is 0 Å². The molecule has 0 aliphatic heterocycles.